The highest BCUT2D eigenvalue weighted by molar-refractivity contribution is 6.36. The first-order valence-electron chi connectivity index (χ1n) is 10.5. The molecule has 3 heteroatoms. The van der Waals surface area contributed by atoms with Crippen molar-refractivity contribution in [2.45, 2.75) is 46.0 Å². The van der Waals surface area contributed by atoms with Gasteiger partial charge in [0, 0.05) is 22.0 Å². The van der Waals surface area contributed by atoms with Gasteiger partial charge in [0.05, 0.1) is 10.7 Å². The normalized spacial score (nSPS) is 15.3. The van der Waals surface area contributed by atoms with Crippen LogP contribution in [0, 0.1) is 0 Å². The summed E-state index contributed by atoms with van der Waals surface area (Å²) in [6, 6.07) is 12.1. The van der Waals surface area contributed by atoms with E-state index in [1.54, 1.807) is 0 Å². The van der Waals surface area contributed by atoms with Crippen LogP contribution in [0.4, 0.5) is 0 Å². The Morgan fingerprint density at radius 2 is 2.00 bits per heavy atom. The zero-order valence-electron chi connectivity index (χ0n) is 17.0. The van der Waals surface area contributed by atoms with Crippen molar-refractivity contribution >= 4 is 44.9 Å². The fraction of sp³-hybridized carbons (Fsp3) is 0.269. The lowest BCUT2D eigenvalue weighted by Crippen LogP contribution is -2.04. The lowest BCUT2D eigenvalue weighted by atomic mass is 9.98. The Kier molecular flexibility index (Phi) is 6.01. The average Bonchev–Trinajstić information content (AvgIpc) is 3.14. The molecule has 0 atom stereocenters. The Hall–Kier alpha value is -2.58. The van der Waals surface area contributed by atoms with Gasteiger partial charge in [0.1, 0.15) is 5.58 Å². The molecule has 2 aromatic carbocycles. The minimum Gasteiger partial charge on any atom is -0.454 e. The molecule has 1 aromatic heterocycles. The zero-order chi connectivity index (χ0) is 20.2. The number of nitrogens with zero attached hydrogens (tertiary/aromatic N) is 1. The van der Waals surface area contributed by atoms with Crippen LogP contribution in [0.25, 0.3) is 27.6 Å². The van der Waals surface area contributed by atoms with Gasteiger partial charge in [0.15, 0.2) is 5.58 Å². The number of furan rings is 1. The highest BCUT2D eigenvalue weighted by Crippen LogP contribution is 2.38. The Labute approximate surface area is 177 Å². The van der Waals surface area contributed by atoms with E-state index in [1.807, 2.05) is 24.3 Å². The molecule has 4 rings (SSSR count). The van der Waals surface area contributed by atoms with Crippen molar-refractivity contribution in [3.63, 3.8) is 0 Å². The van der Waals surface area contributed by atoms with Crippen LogP contribution < -0.4 is 0 Å². The summed E-state index contributed by atoms with van der Waals surface area (Å²) in [6.07, 6.45) is 14.1. The zero-order valence-corrected chi connectivity index (χ0v) is 17.8. The number of fused-ring (bicyclic) bond motifs is 3. The number of benzene rings is 2. The third-order valence-electron chi connectivity index (χ3n) is 5.22. The van der Waals surface area contributed by atoms with Gasteiger partial charge in [-0.15, -0.1) is 0 Å². The molecule has 2 nitrogen and oxygen atoms in total. The van der Waals surface area contributed by atoms with Crippen molar-refractivity contribution < 1.29 is 4.42 Å². The Morgan fingerprint density at radius 3 is 2.76 bits per heavy atom. The summed E-state index contributed by atoms with van der Waals surface area (Å²) in [5, 5.41) is 2.75. The molecular weight excluding hydrogens is 378 g/mol. The maximum atomic E-state index is 6.40. The van der Waals surface area contributed by atoms with Crippen molar-refractivity contribution in [3.8, 4) is 0 Å². The summed E-state index contributed by atoms with van der Waals surface area (Å²) < 4.78 is 6.09. The fourth-order valence-corrected chi connectivity index (χ4v) is 4.12. The minimum absolute atomic E-state index is 0.637. The number of hydrogen-bond acceptors (Lipinski definition) is 2. The highest BCUT2D eigenvalue weighted by Gasteiger charge is 2.16. The lowest BCUT2D eigenvalue weighted by Gasteiger charge is -2.13. The number of halogens is 1. The van der Waals surface area contributed by atoms with Crippen LogP contribution in [0.5, 0.6) is 0 Å². The SMILES string of the molecule is CC/C=C(/N=C(\CCC)C1=CCCC=C1)c1cccc2oc3c(Cl)cccc3c12. The van der Waals surface area contributed by atoms with Gasteiger partial charge in [-0.2, -0.15) is 0 Å². The molecular formula is C26H26ClNO. The molecule has 148 valence electrons. The predicted molar refractivity (Wildman–Crippen MR) is 126 cm³/mol. The second-order valence-corrected chi connectivity index (χ2v) is 7.75. The van der Waals surface area contributed by atoms with E-state index < -0.39 is 0 Å². The summed E-state index contributed by atoms with van der Waals surface area (Å²) >= 11 is 6.40. The van der Waals surface area contributed by atoms with Crippen LogP contribution in [0.3, 0.4) is 0 Å². The first-order chi connectivity index (χ1) is 14.2. The second-order valence-electron chi connectivity index (χ2n) is 7.34. The van der Waals surface area contributed by atoms with Gasteiger partial charge in [-0.05, 0) is 43.4 Å². The van der Waals surface area contributed by atoms with E-state index in [1.165, 1.54) is 5.57 Å². The van der Waals surface area contributed by atoms with Crippen molar-refractivity contribution in [2.24, 2.45) is 4.99 Å². The van der Waals surface area contributed by atoms with E-state index in [9.17, 15) is 0 Å². The van der Waals surface area contributed by atoms with Gasteiger partial charge in [-0.1, -0.05) is 80.4 Å². The van der Waals surface area contributed by atoms with Crippen molar-refractivity contribution in [1.82, 2.24) is 0 Å². The molecule has 0 saturated carbocycles. The third-order valence-corrected chi connectivity index (χ3v) is 5.52. The predicted octanol–water partition coefficient (Wildman–Crippen LogP) is 8.51. The number of allylic oxidation sites excluding steroid dienone is 5. The van der Waals surface area contributed by atoms with Crippen LogP contribution in [0.2, 0.25) is 5.02 Å². The number of rotatable bonds is 6. The third kappa shape index (κ3) is 3.95. The quantitative estimate of drug-likeness (QED) is 0.378. The second kappa shape index (κ2) is 8.84. The number of hydrogen-bond donors (Lipinski definition) is 0. The van der Waals surface area contributed by atoms with E-state index in [2.05, 4.69) is 50.3 Å². The Morgan fingerprint density at radius 1 is 1.14 bits per heavy atom. The highest BCUT2D eigenvalue weighted by atomic mass is 35.5. The largest absolute Gasteiger partial charge is 0.454 e. The van der Waals surface area contributed by atoms with E-state index in [-0.39, 0.29) is 0 Å². The van der Waals surface area contributed by atoms with E-state index in [4.69, 9.17) is 21.0 Å². The summed E-state index contributed by atoms with van der Waals surface area (Å²) in [6.45, 7) is 4.36. The topological polar surface area (TPSA) is 25.5 Å². The minimum atomic E-state index is 0.637. The maximum absolute atomic E-state index is 6.40. The van der Waals surface area contributed by atoms with Gasteiger partial charge >= 0.3 is 0 Å². The van der Waals surface area contributed by atoms with Crippen LogP contribution >= 0.6 is 11.6 Å². The average molecular weight is 404 g/mol. The number of para-hydroxylation sites is 1. The molecule has 0 radical (unpaired) electrons. The molecule has 0 fully saturated rings. The van der Waals surface area contributed by atoms with Gasteiger partial charge in [-0.3, -0.25) is 4.99 Å². The Bertz CT molecular complexity index is 1160. The molecule has 1 heterocycles. The molecule has 0 bridgehead atoms. The summed E-state index contributed by atoms with van der Waals surface area (Å²) in [7, 11) is 0. The van der Waals surface area contributed by atoms with Crippen molar-refractivity contribution in [3.05, 3.63) is 76.9 Å². The van der Waals surface area contributed by atoms with Gasteiger partial charge < -0.3 is 4.42 Å². The van der Waals surface area contributed by atoms with Crippen LogP contribution in [-0.4, -0.2) is 5.71 Å². The van der Waals surface area contributed by atoms with Gasteiger partial charge in [0.2, 0.25) is 0 Å². The molecule has 0 aliphatic heterocycles. The molecule has 0 N–H and O–H groups in total. The van der Waals surface area contributed by atoms with E-state index >= 15 is 0 Å². The first kappa shape index (κ1) is 19.7. The standard InChI is InChI=1S/C26H26ClNO/c1-3-10-22(18-12-6-5-7-13-18)28-23(11-4-2)19-14-9-17-24-25(19)20-15-8-16-21(27)26(20)29-24/h6,8-9,11-17H,3-5,7,10H2,1-2H3/b23-11+,28-22+. The van der Waals surface area contributed by atoms with Gasteiger partial charge in [-0.25, -0.2) is 0 Å². The molecule has 0 spiro atoms. The molecule has 1 aliphatic carbocycles. The van der Waals surface area contributed by atoms with Gasteiger partial charge in [0.25, 0.3) is 0 Å². The monoisotopic (exact) mass is 403 g/mol. The molecule has 0 amide bonds. The molecule has 3 aromatic rings. The molecule has 0 saturated heterocycles. The first-order valence-corrected chi connectivity index (χ1v) is 10.9. The van der Waals surface area contributed by atoms with Crippen LogP contribution in [0.1, 0.15) is 51.5 Å². The van der Waals surface area contributed by atoms with E-state index in [0.717, 1.165) is 71.0 Å². The van der Waals surface area contributed by atoms with E-state index in [0.29, 0.717) is 5.02 Å². The maximum Gasteiger partial charge on any atom is 0.154 e. The number of aliphatic imine (C=N–C) groups is 1. The smallest absolute Gasteiger partial charge is 0.154 e. The molecule has 1 aliphatic rings. The van der Waals surface area contributed by atoms with Crippen LogP contribution in [0.15, 0.2) is 75.7 Å². The van der Waals surface area contributed by atoms with Crippen molar-refractivity contribution in [1.29, 1.82) is 0 Å². The summed E-state index contributed by atoms with van der Waals surface area (Å²) in [5.41, 5.74) is 6.10. The summed E-state index contributed by atoms with van der Waals surface area (Å²) in [5.74, 6) is 0. The van der Waals surface area contributed by atoms with Crippen molar-refractivity contribution in [2.75, 3.05) is 0 Å². The molecule has 29 heavy (non-hydrogen) atoms. The molecule has 0 unspecified atom stereocenters. The fourth-order valence-electron chi connectivity index (χ4n) is 3.91. The Balaban J connectivity index is 1.92. The summed E-state index contributed by atoms with van der Waals surface area (Å²) in [4.78, 5) is 5.19. The van der Waals surface area contributed by atoms with Crippen LogP contribution in [-0.2, 0) is 0 Å². The lowest BCUT2D eigenvalue weighted by molar-refractivity contribution is 0.669.